The number of hydrogen-bond donors (Lipinski definition) is 0. The fraction of sp³-hybridized carbons (Fsp3) is 0.348. The molecule has 1 saturated heterocycles. The van der Waals surface area contributed by atoms with E-state index in [-0.39, 0.29) is 33.9 Å². The summed E-state index contributed by atoms with van der Waals surface area (Å²) in [6.45, 7) is 2.92. The Labute approximate surface area is 197 Å². The molecule has 2 aromatic carbocycles. The molecule has 1 aliphatic rings. The predicted octanol–water partition coefficient (Wildman–Crippen LogP) is 3.12. The van der Waals surface area contributed by atoms with Crippen molar-refractivity contribution in [1.82, 2.24) is 4.90 Å². The number of likely N-dealkylation sites (N-methyl/N-ethyl adjacent to an activating group) is 1. The third-order valence-electron chi connectivity index (χ3n) is 5.28. The van der Waals surface area contributed by atoms with Gasteiger partial charge in [-0.05, 0) is 48.7 Å². The van der Waals surface area contributed by atoms with E-state index in [1.54, 1.807) is 49.4 Å². The van der Waals surface area contributed by atoms with Crippen LogP contribution in [0.25, 0.3) is 11.1 Å². The van der Waals surface area contributed by atoms with Crippen LogP contribution in [0.2, 0.25) is 5.02 Å². The van der Waals surface area contributed by atoms with Gasteiger partial charge in [0.2, 0.25) is 0 Å². The SMILES string of the molecule is CCN(C(=O)COC(=O)c1ccc(-c2ccc(OC(C)=O)c(Cl)c2)cc1)[C@@H]1CCS(=O)(=O)C1. The van der Waals surface area contributed by atoms with Gasteiger partial charge in [-0.2, -0.15) is 0 Å². The first-order valence-electron chi connectivity index (χ1n) is 10.3. The smallest absolute Gasteiger partial charge is 0.338 e. The van der Waals surface area contributed by atoms with Gasteiger partial charge in [0.1, 0.15) is 5.75 Å². The highest BCUT2D eigenvalue weighted by atomic mass is 35.5. The molecule has 1 heterocycles. The van der Waals surface area contributed by atoms with Crippen molar-refractivity contribution < 1.29 is 32.3 Å². The minimum absolute atomic E-state index is 0.0608. The van der Waals surface area contributed by atoms with Crippen LogP contribution in [0.15, 0.2) is 42.5 Å². The lowest BCUT2D eigenvalue weighted by Crippen LogP contribution is -2.43. The Hall–Kier alpha value is -2.91. The number of ether oxygens (including phenoxy) is 2. The molecule has 0 aromatic heterocycles. The van der Waals surface area contributed by atoms with Crippen LogP contribution >= 0.6 is 11.6 Å². The zero-order chi connectivity index (χ0) is 24.2. The summed E-state index contributed by atoms with van der Waals surface area (Å²) in [4.78, 5) is 37.4. The third kappa shape index (κ3) is 6.33. The van der Waals surface area contributed by atoms with Crippen LogP contribution in [0.5, 0.6) is 5.75 Å². The molecule has 3 rings (SSSR count). The number of rotatable bonds is 7. The molecule has 1 atom stereocenters. The van der Waals surface area contributed by atoms with E-state index < -0.39 is 34.3 Å². The molecule has 0 aliphatic carbocycles. The normalized spacial score (nSPS) is 16.8. The summed E-state index contributed by atoms with van der Waals surface area (Å²) in [5.74, 6) is -1.30. The molecule has 0 unspecified atom stereocenters. The van der Waals surface area contributed by atoms with Gasteiger partial charge >= 0.3 is 11.9 Å². The summed E-state index contributed by atoms with van der Waals surface area (Å²) in [7, 11) is -3.13. The molecule has 1 aliphatic heterocycles. The molecule has 33 heavy (non-hydrogen) atoms. The van der Waals surface area contributed by atoms with Gasteiger partial charge in [-0.3, -0.25) is 9.59 Å². The van der Waals surface area contributed by atoms with Gasteiger partial charge < -0.3 is 14.4 Å². The molecule has 0 bridgehead atoms. The standard InChI is InChI=1S/C23H24ClNO7S/c1-3-25(19-10-11-33(29,30)14-19)22(27)13-31-23(28)17-6-4-16(5-7-17)18-8-9-21(20(24)12-18)32-15(2)26/h4-9,12,19H,3,10-11,13-14H2,1-2H3/t19-/m1/s1. The summed E-state index contributed by atoms with van der Waals surface area (Å²) in [6.07, 6.45) is 0.392. The monoisotopic (exact) mass is 493 g/mol. The van der Waals surface area contributed by atoms with E-state index >= 15 is 0 Å². The van der Waals surface area contributed by atoms with E-state index in [9.17, 15) is 22.8 Å². The zero-order valence-electron chi connectivity index (χ0n) is 18.2. The molecule has 0 spiro atoms. The Morgan fingerprint density at radius 3 is 2.30 bits per heavy atom. The maximum atomic E-state index is 12.5. The highest BCUT2D eigenvalue weighted by Gasteiger charge is 2.34. The number of benzene rings is 2. The first-order valence-corrected chi connectivity index (χ1v) is 12.5. The van der Waals surface area contributed by atoms with E-state index in [0.29, 0.717) is 13.0 Å². The van der Waals surface area contributed by atoms with Gasteiger partial charge in [0.05, 0.1) is 22.1 Å². The van der Waals surface area contributed by atoms with Crippen molar-refractivity contribution in [3.8, 4) is 16.9 Å². The second kappa shape index (κ2) is 10.4. The summed E-state index contributed by atoms with van der Waals surface area (Å²) < 4.78 is 33.5. The van der Waals surface area contributed by atoms with Crippen molar-refractivity contribution in [2.75, 3.05) is 24.7 Å². The zero-order valence-corrected chi connectivity index (χ0v) is 19.8. The molecule has 0 radical (unpaired) electrons. The maximum absolute atomic E-state index is 12.5. The van der Waals surface area contributed by atoms with Gasteiger partial charge in [-0.1, -0.05) is 29.8 Å². The van der Waals surface area contributed by atoms with Crippen LogP contribution in [0.3, 0.4) is 0 Å². The number of carbonyl (C=O) groups is 3. The van der Waals surface area contributed by atoms with E-state index in [4.69, 9.17) is 21.1 Å². The van der Waals surface area contributed by atoms with Crippen molar-refractivity contribution in [2.24, 2.45) is 0 Å². The Bertz CT molecular complexity index is 1160. The molecular formula is C23H24ClNO7S. The molecular weight excluding hydrogens is 470 g/mol. The number of esters is 2. The molecule has 0 N–H and O–H groups in total. The van der Waals surface area contributed by atoms with Crippen LogP contribution in [0, 0.1) is 0 Å². The van der Waals surface area contributed by atoms with Gasteiger partial charge in [0, 0.05) is 19.5 Å². The van der Waals surface area contributed by atoms with Gasteiger partial charge in [-0.15, -0.1) is 0 Å². The molecule has 8 nitrogen and oxygen atoms in total. The number of hydrogen-bond acceptors (Lipinski definition) is 7. The number of amides is 1. The fourth-order valence-corrected chi connectivity index (χ4v) is 5.62. The van der Waals surface area contributed by atoms with Crippen LogP contribution in [-0.2, 0) is 24.2 Å². The van der Waals surface area contributed by atoms with Gasteiger partial charge in [0.15, 0.2) is 16.4 Å². The average Bonchev–Trinajstić information content (AvgIpc) is 3.13. The predicted molar refractivity (Wildman–Crippen MR) is 123 cm³/mol. The quantitative estimate of drug-likeness (QED) is 0.430. The van der Waals surface area contributed by atoms with Crippen LogP contribution < -0.4 is 4.74 Å². The Morgan fingerprint density at radius 1 is 1.09 bits per heavy atom. The van der Waals surface area contributed by atoms with Crippen molar-refractivity contribution in [3.63, 3.8) is 0 Å². The highest BCUT2D eigenvalue weighted by molar-refractivity contribution is 7.91. The fourth-order valence-electron chi connectivity index (χ4n) is 3.67. The summed E-state index contributed by atoms with van der Waals surface area (Å²) in [6, 6.07) is 11.1. The first kappa shape index (κ1) is 24.7. The lowest BCUT2D eigenvalue weighted by atomic mass is 10.0. The number of carbonyl (C=O) groups excluding carboxylic acids is 3. The van der Waals surface area contributed by atoms with Crippen molar-refractivity contribution in [3.05, 3.63) is 53.1 Å². The minimum Gasteiger partial charge on any atom is -0.452 e. The van der Waals surface area contributed by atoms with Crippen molar-refractivity contribution >= 4 is 39.3 Å². The summed E-state index contributed by atoms with van der Waals surface area (Å²) in [5, 5.41) is 0.278. The van der Waals surface area contributed by atoms with Crippen molar-refractivity contribution in [2.45, 2.75) is 26.3 Å². The lowest BCUT2D eigenvalue weighted by molar-refractivity contribution is -0.136. The Balaban J connectivity index is 1.60. The van der Waals surface area contributed by atoms with Gasteiger partial charge in [0.25, 0.3) is 5.91 Å². The Morgan fingerprint density at radius 2 is 1.76 bits per heavy atom. The second-order valence-corrected chi connectivity index (χ2v) is 10.3. The number of nitrogens with zero attached hydrogens (tertiary/aromatic N) is 1. The number of sulfone groups is 1. The van der Waals surface area contributed by atoms with Crippen LogP contribution in [0.4, 0.5) is 0 Å². The second-order valence-electron chi connectivity index (χ2n) is 7.63. The molecule has 1 amide bonds. The molecule has 10 heteroatoms. The van der Waals surface area contributed by atoms with Crippen molar-refractivity contribution in [1.29, 1.82) is 0 Å². The van der Waals surface area contributed by atoms with Gasteiger partial charge in [-0.25, -0.2) is 13.2 Å². The van der Waals surface area contributed by atoms with E-state index in [0.717, 1.165) is 11.1 Å². The average molecular weight is 494 g/mol. The molecule has 176 valence electrons. The van der Waals surface area contributed by atoms with E-state index in [1.165, 1.54) is 11.8 Å². The third-order valence-corrected chi connectivity index (χ3v) is 7.32. The van der Waals surface area contributed by atoms with E-state index in [2.05, 4.69) is 0 Å². The molecule has 2 aromatic rings. The lowest BCUT2D eigenvalue weighted by Gasteiger charge is -2.26. The first-order chi connectivity index (χ1) is 15.6. The van der Waals surface area contributed by atoms with Crippen LogP contribution in [0.1, 0.15) is 30.6 Å². The highest BCUT2D eigenvalue weighted by Crippen LogP contribution is 2.30. The topological polar surface area (TPSA) is 107 Å². The molecule has 1 fully saturated rings. The summed E-state index contributed by atoms with van der Waals surface area (Å²) >= 11 is 6.16. The maximum Gasteiger partial charge on any atom is 0.338 e. The van der Waals surface area contributed by atoms with E-state index in [1.807, 2.05) is 0 Å². The van der Waals surface area contributed by atoms with Crippen LogP contribution in [-0.4, -0.2) is 61.9 Å². The number of halogens is 1. The Kier molecular flexibility index (Phi) is 7.76. The minimum atomic E-state index is -3.13. The summed E-state index contributed by atoms with van der Waals surface area (Å²) in [5.41, 5.74) is 1.80. The molecule has 0 saturated carbocycles. The largest absolute Gasteiger partial charge is 0.452 e.